The molecule has 2 amide bonds. The summed E-state index contributed by atoms with van der Waals surface area (Å²) in [5.41, 5.74) is 1.07. The number of nitrogens with one attached hydrogen (secondary N) is 2. The first-order valence-electron chi connectivity index (χ1n) is 8.09. The normalized spacial score (nSPS) is 12.3. The van der Waals surface area contributed by atoms with Gasteiger partial charge >= 0.3 is 0 Å². The van der Waals surface area contributed by atoms with E-state index in [1.54, 1.807) is 20.1 Å². The first-order chi connectivity index (χ1) is 11.8. The Morgan fingerprint density at radius 3 is 2.60 bits per heavy atom. The minimum Gasteiger partial charge on any atom is -0.496 e. The van der Waals surface area contributed by atoms with Gasteiger partial charge in [-0.05, 0) is 19.1 Å². The highest BCUT2D eigenvalue weighted by Crippen LogP contribution is 2.30. The van der Waals surface area contributed by atoms with Crippen LogP contribution in [-0.4, -0.2) is 31.5 Å². The number of benzene rings is 1. The Kier molecular flexibility index (Phi) is 5.85. The zero-order valence-corrected chi connectivity index (χ0v) is 15.0. The average Bonchev–Trinajstić information content (AvgIpc) is 3.14. The van der Waals surface area contributed by atoms with Crippen LogP contribution in [0.4, 0.5) is 0 Å². The molecule has 25 heavy (non-hydrogen) atoms. The number of carbonyl (C=O) groups excluding carboxylic acids is 2. The molecule has 0 bridgehead atoms. The third-order valence-corrected chi connectivity index (χ3v) is 4.06. The average molecular weight is 344 g/mol. The van der Waals surface area contributed by atoms with E-state index in [-0.39, 0.29) is 17.2 Å². The van der Waals surface area contributed by atoms with Crippen molar-refractivity contribution in [3.05, 3.63) is 54.0 Å². The van der Waals surface area contributed by atoms with Crippen molar-refractivity contribution in [2.24, 2.45) is 0 Å². The molecule has 0 saturated carbocycles. The molecule has 0 aliphatic carbocycles. The Morgan fingerprint density at radius 2 is 1.96 bits per heavy atom. The standard InChI is InChI=1S/C19H24N2O4/c1-13(21-18(23)14-9-10-25-11-14)17(22)20-12-19(2,3)15-7-5-6-8-16(15)24-4/h5-11,13H,12H2,1-4H3,(H,20,22)(H,21,23). The zero-order valence-electron chi connectivity index (χ0n) is 15.0. The molecule has 0 aliphatic heterocycles. The van der Waals surface area contributed by atoms with Gasteiger partial charge in [0.15, 0.2) is 0 Å². The summed E-state index contributed by atoms with van der Waals surface area (Å²) in [4.78, 5) is 24.3. The number of para-hydroxylation sites is 1. The van der Waals surface area contributed by atoms with E-state index in [4.69, 9.17) is 9.15 Å². The van der Waals surface area contributed by atoms with Gasteiger partial charge in [0.1, 0.15) is 18.1 Å². The molecule has 1 heterocycles. The highest BCUT2D eigenvalue weighted by Gasteiger charge is 2.26. The van der Waals surface area contributed by atoms with Crippen LogP contribution >= 0.6 is 0 Å². The molecule has 0 fully saturated rings. The van der Waals surface area contributed by atoms with Crippen LogP contribution in [0.5, 0.6) is 5.75 Å². The summed E-state index contributed by atoms with van der Waals surface area (Å²) in [5, 5.41) is 5.54. The summed E-state index contributed by atoms with van der Waals surface area (Å²) >= 11 is 0. The molecule has 2 N–H and O–H groups in total. The fraction of sp³-hybridized carbons (Fsp3) is 0.368. The SMILES string of the molecule is COc1ccccc1C(C)(C)CNC(=O)C(C)NC(=O)c1ccoc1. The summed E-state index contributed by atoms with van der Waals surface area (Å²) in [6, 6.07) is 8.61. The summed E-state index contributed by atoms with van der Waals surface area (Å²) in [6.07, 6.45) is 2.75. The largest absolute Gasteiger partial charge is 0.496 e. The van der Waals surface area contributed by atoms with Gasteiger partial charge in [-0.3, -0.25) is 9.59 Å². The van der Waals surface area contributed by atoms with Crippen LogP contribution in [0, 0.1) is 0 Å². The molecular weight excluding hydrogens is 320 g/mol. The van der Waals surface area contributed by atoms with Crippen LogP contribution in [0.25, 0.3) is 0 Å². The molecule has 1 aromatic heterocycles. The van der Waals surface area contributed by atoms with Crippen LogP contribution in [0.1, 0.15) is 36.7 Å². The number of amides is 2. The molecule has 0 spiro atoms. The lowest BCUT2D eigenvalue weighted by Crippen LogP contribution is -2.47. The molecule has 6 nitrogen and oxygen atoms in total. The van der Waals surface area contributed by atoms with E-state index in [2.05, 4.69) is 10.6 Å². The summed E-state index contributed by atoms with van der Waals surface area (Å²) in [5.74, 6) is 0.184. The van der Waals surface area contributed by atoms with E-state index in [0.717, 1.165) is 11.3 Å². The van der Waals surface area contributed by atoms with Gasteiger partial charge in [0, 0.05) is 17.5 Å². The Hall–Kier alpha value is -2.76. The van der Waals surface area contributed by atoms with Crippen molar-refractivity contribution in [2.45, 2.75) is 32.2 Å². The Bertz CT molecular complexity index is 723. The van der Waals surface area contributed by atoms with Crippen molar-refractivity contribution in [2.75, 3.05) is 13.7 Å². The highest BCUT2D eigenvalue weighted by atomic mass is 16.5. The molecule has 6 heteroatoms. The molecule has 2 aromatic rings. The van der Waals surface area contributed by atoms with Crippen molar-refractivity contribution >= 4 is 11.8 Å². The van der Waals surface area contributed by atoms with E-state index in [1.807, 2.05) is 38.1 Å². The summed E-state index contributed by atoms with van der Waals surface area (Å²) in [6.45, 7) is 6.11. The fourth-order valence-electron chi connectivity index (χ4n) is 2.50. The molecule has 1 unspecified atom stereocenters. The number of hydrogen-bond donors (Lipinski definition) is 2. The van der Waals surface area contributed by atoms with Crippen LogP contribution in [0.3, 0.4) is 0 Å². The maximum atomic E-state index is 12.3. The van der Waals surface area contributed by atoms with Crippen molar-refractivity contribution in [3.8, 4) is 5.75 Å². The van der Waals surface area contributed by atoms with Crippen LogP contribution in [0.2, 0.25) is 0 Å². The lowest BCUT2D eigenvalue weighted by molar-refractivity contribution is -0.122. The van der Waals surface area contributed by atoms with E-state index in [0.29, 0.717) is 12.1 Å². The third-order valence-electron chi connectivity index (χ3n) is 4.06. The molecule has 0 aliphatic rings. The van der Waals surface area contributed by atoms with Crippen LogP contribution in [-0.2, 0) is 10.2 Å². The second-order valence-electron chi connectivity index (χ2n) is 6.51. The van der Waals surface area contributed by atoms with Crippen molar-refractivity contribution < 1.29 is 18.7 Å². The van der Waals surface area contributed by atoms with Gasteiger partial charge in [-0.2, -0.15) is 0 Å². The van der Waals surface area contributed by atoms with E-state index >= 15 is 0 Å². The van der Waals surface area contributed by atoms with E-state index < -0.39 is 6.04 Å². The number of hydrogen-bond acceptors (Lipinski definition) is 4. The van der Waals surface area contributed by atoms with Gasteiger partial charge in [0.25, 0.3) is 5.91 Å². The second-order valence-corrected chi connectivity index (χ2v) is 6.51. The van der Waals surface area contributed by atoms with Gasteiger partial charge in [0.05, 0.1) is 18.9 Å². The Morgan fingerprint density at radius 1 is 1.24 bits per heavy atom. The first-order valence-corrected chi connectivity index (χ1v) is 8.09. The molecule has 0 radical (unpaired) electrons. The van der Waals surface area contributed by atoms with E-state index in [9.17, 15) is 9.59 Å². The van der Waals surface area contributed by atoms with Crippen LogP contribution in [0.15, 0.2) is 47.3 Å². The third kappa shape index (κ3) is 4.62. The number of carbonyl (C=O) groups is 2. The lowest BCUT2D eigenvalue weighted by Gasteiger charge is -2.28. The fourth-order valence-corrected chi connectivity index (χ4v) is 2.50. The highest BCUT2D eigenvalue weighted by molar-refractivity contribution is 5.97. The first kappa shape index (κ1) is 18.6. The van der Waals surface area contributed by atoms with Gasteiger partial charge in [-0.15, -0.1) is 0 Å². The minimum atomic E-state index is -0.657. The maximum absolute atomic E-state index is 12.3. The summed E-state index contributed by atoms with van der Waals surface area (Å²) < 4.78 is 10.3. The van der Waals surface area contributed by atoms with Gasteiger partial charge in [-0.1, -0.05) is 32.0 Å². The van der Waals surface area contributed by atoms with Crippen LogP contribution < -0.4 is 15.4 Å². The molecule has 0 saturated heterocycles. The smallest absolute Gasteiger partial charge is 0.255 e. The molecule has 1 aromatic carbocycles. The maximum Gasteiger partial charge on any atom is 0.255 e. The molecule has 134 valence electrons. The van der Waals surface area contributed by atoms with Gasteiger partial charge < -0.3 is 19.8 Å². The number of ether oxygens (including phenoxy) is 1. The quantitative estimate of drug-likeness (QED) is 0.809. The number of methoxy groups -OCH3 is 1. The number of furan rings is 1. The summed E-state index contributed by atoms with van der Waals surface area (Å²) in [7, 11) is 1.63. The zero-order chi connectivity index (χ0) is 18.4. The van der Waals surface area contributed by atoms with E-state index in [1.165, 1.54) is 12.5 Å². The van der Waals surface area contributed by atoms with Crippen molar-refractivity contribution in [1.82, 2.24) is 10.6 Å². The second kappa shape index (κ2) is 7.88. The molecule has 2 rings (SSSR count). The monoisotopic (exact) mass is 344 g/mol. The predicted octanol–water partition coefficient (Wildman–Crippen LogP) is 2.50. The van der Waals surface area contributed by atoms with Gasteiger partial charge in [-0.25, -0.2) is 0 Å². The number of rotatable bonds is 7. The minimum absolute atomic E-state index is 0.250. The lowest BCUT2D eigenvalue weighted by atomic mass is 9.84. The van der Waals surface area contributed by atoms with Gasteiger partial charge in [0.2, 0.25) is 5.91 Å². The van der Waals surface area contributed by atoms with Crippen molar-refractivity contribution in [1.29, 1.82) is 0 Å². The van der Waals surface area contributed by atoms with Crippen molar-refractivity contribution in [3.63, 3.8) is 0 Å². The predicted molar refractivity (Wildman–Crippen MR) is 94.7 cm³/mol. The molecular formula is C19H24N2O4. The Labute approximate surface area is 147 Å². The molecule has 1 atom stereocenters. The topological polar surface area (TPSA) is 80.6 Å². The Balaban J connectivity index is 1.95.